The van der Waals surface area contributed by atoms with Gasteiger partial charge in [-0.25, -0.2) is 4.79 Å². The van der Waals surface area contributed by atoms with Crippen molar-refractivity contribution in [3.8, 4) is 0 Å². The maximum Gasteiger partial charge on any atom is 0.326 e. The van der Waals surface area contributed by atoms with E-state index in [-0.39, 0.29) is 17.5 Å². The Morgan fingerprint density at radius 3 is 2.70 bits per heavy atom. The lowest BCUT2D eigenvalue weighted by atomic mass is 10.1. The molecule has 20 heavy (non-hydrogen) atoms. The number of hydrogen-bond acceptors (Lipinski definition) is 3. The summed E-state index contributed by atoms with van der Waals surface area (Å²) in [5.74, 6) is -1.72. The fourth-order valence-electron chi connectivity index (χ4n) is 1.89. The first-order valence-electron chi connectivity index (χ1n) is 6.18. The van der Waals surface area contributed by atoms with Gasteiger partial charge < -0.3 is 15.4 Å². The minimum absolute atomic E-state index is 0.0494. The molecular weight excluding hydrogens is 260 g/mol. The molecule has 2 aromatic rings. The average molecular weight is 274 g/mol. The molecule has 0 radical (unpaired) electrons. The zero-order valence-electron chi connectivity index (χ0n) is 10.8. The Morgan fingerprint density at radius 1 is 1.35 bits per heavy atom. The molecule has 6 nitrogen and oxygen atoms in total. The normalized spacial score (nSPS) is 12.1. The molecule has 0 saturated heterocycles. The first-order valence-corrected chi connectivity index (χ1v) is 6.18. The summed E-state index contributed by atoms with van der Waals surface area (Å²) < 4.78 is 0. The molecule has 0 unspecified atom stereocenters. The number of aromatic nitrogens is 1. The largest absolute Gasteiger partial charge is 0.480 e. The van der Waals surface area contributed by atoms with E-state index in [1.165, 1.54) is 6.07 Å². The van der Waals surface area contributed by atoms with E-state index >= 15 is 0 Å². The molecule has 2 rings (SSSR count). The maximum absolute atomic E-state index is 12.0. The van der Waals surface area contributed by atoms with Crippen LogP contribution in [0.3, 0.4) is 0 Å². The molecule has 3 N–H and O–H groups in total. The highest BCUT2D eigenvalue weighted by Crippen LogP contribution is 2.07. The Labute approximate surface area is 114 Å². The number of amides is 1. The van der Waals surface area contributed by atoms with E-state index < -0.39 is 17.9 Å². The second kappa shape index (κ2) is 5.56. The molecule has 1 heterocycles. The van der Waals surface area contributed by atoms with Gasteiger partial charge in [0.2, 0.25) is 0 Å². The van der Waals surface area contributed by atoms with Crippen molar-refractivity contribution in [1.82, 2.24) is 10.3 Å². The van der Waals surface area contributed by atoms with Gasteiger partial charge in [-0.3, -0.25) is 9.59 Å². The third-order valence-electron chi connectivity index (χ3n) is 2.99. The Balaban J connectivity index is 2.36. The molecule has 0 spiro atoms. The molecule has 1 aromatic carbocycles. The number of benzene rings is 1. The molecule has 0 bridgehead atoms. The summed E-state index contributed by atoms with van der Waals surface area (Å²) in [4.78, 5) is 37.6. The second-order valence-electron chi connectivity index (χ2n) is 4.37. The van der Waals surface area contributed by atoms with Crippen molar-refractivity contribution in [2.45, 2.75) is 19.4 Å². The fraction of sp³-hybridized carbons (Fsp3) is 0.214. The van der Waals surface area contributed by atoms with Gasteiger partial charge in [-0.2, -0.15) is 0 Å². The summed E-state index contributed by atoms with van der Waals surface area (Å²) >= 11 is 0. The average Bonchev–Trinajstić information content (AvgIpc) is 2.44. The van der Waals surface area contributed by atoms with E-state index in [2.05, 4.69) is 10.3 Å². The van der Waals surface area contributed by atoms with Gasteiger partial charge in [-0.05, 0) is 18.6 Å². The first kappa shape index (κ1) is 13.8. The van der Waals surface area contributed by atoms with Crippen molar-refractivity contribution >= 4 is 22.8 Å². The van der Waals surface area contributed by atoms with Crippen LogP contribution in [0.2, 0.25) is 0 Å². The number of fused-ring (bicyclic) bond motifs is 1. The highest BCUT2D eigenvalue weighted by Gasteiger charge is 2.19. The van der Waals surface area contributed by atoms with Crippen molar-refractivity contribution in [2.24, 2.45) is 0 Å². The topological polar surface area (TPSA) is 99.3 Å². The number of carboxylic acids is 1. The van der Waals surface area contributed by atoms with Crippen molar-refractivity contribution in [2.75, 3.05) is 0 Å². The number of hydrogen-bond donors (Lipinski definition) is 3. The highest BCUT2D eigenvalue weighted by molar-refractivity contribution is 5.96. The summed E-state index contributed by atoms with van der Waals surface area (Å²) in [7, 11) is 0. The van der Waals surface area contributed by atoms with E-state index in [0.717, 1.165) is 0 Å². The predicted molar refractivity (Wildman–Crippen MR) is 73.7 cm³/mol. The molecule has 0 fully saturated rings. The van der Waals surface area contributed by atoms with Crippen LogP contribution < -0.4 is 10.7 Å². The number of aromatic amines is 1. The van der Waals surface area contributed by atoms with Gasteiger partial charge in [0.15, 0.2) is 5.43 Å². The van der Waals surface area contributed by atoms with Gasteiger partial charge in [-0.1, -0.05) is 19.1 Å². The molecular formula is C14H14N2O4. The number of carbonyl (C=O) groups is 2. The van der Waals surface area contributed by atoms with Crippen molar-refractivity contribution in [1.29, 1.82) is 0 Å². The Kier molecular flexibility index (Phi) is 3.84. The predicted octanol–water partition coefficient (Wildman–Crippen LogP) is 1.12. The van der Waals surface area contributed by atoms with Crippen LogP contribution in [0, 0.1) is 0 Å². The van der Waals surface area contributed by atoms with Gasteiger partial charge in [0, 0.05) is 17.0 Å². The van der Waals surface area contributed by atoms with Crippen LogP contribution in [0.1, 0.15) is 23.8 Å². The van der Waals surface area contributed by atoms with Gasteiger partial charge in [0.1, 0.15) is 11.7 Å². The molecule has 1 amide bonds. The zero-order valence-corrected chi connectivity index (χ0v) is 10.8. The summed E-state index contributed by atoms with van der Waals surface area (Å²) in [6.07, 6.45) is 0.263. The SMILES string of the molecule is CC[C@H](NC(=O)c1cc(=O)c2ccccc2[nH]1)C(=O)O. The third kappa shape index (κ3) is 2.69. The number of carbonyl (C=O) groups excluding carboxylic acids is 1. The molecule has 104 valence electrons. The van der Waals surface area contributed by atoms with Crippen LogP contribution in [0.4, 0.5) is 0 Å². The summed E-state index contributed by atoms with van der Waals surface area (Å²) in [5, 5.41) is 11.8. The number of pyridine rings is 1. The molecule has 6 heteroatoms. The minimum Gasteiger partial charge on any atom is -0.480 e. The summed E-state index contributed by atoms with van der Waals surface area (Å²) in [5.41, 5.74) is 0.301. The third-order valence-corrected chi connectivity index (χ3v) is 2.99. The van der Waals surface area contributed by atoms with Crippen LogP contribution >= 0.6 is 0 Å². The van der Waals surface area contributed by atoms with Gasteiger partial charge in [0.05, 0.1) is 0 Å². The summed E-state index contributed by atoms with van der Waals surface area (Å²) in [6.45, 7) is 1.65. The number of H-pyrrole nitrogens is 1. The standard InChI is InChI=1S/C14H14N2O4/c1-2-9(14(19)20)16-13(18)11-7-12(17)8-5-3-4-6-10(8)15-11/h3-7,9H,2H2,1H3,(H,15,17)(H,16,18)(H,19,20)/t9-/m0/s1. The molecule has 1 atom stereocenters. The molecule has 0 saturated carbocycles. The highest BCUT2D eigenvalue weighted by atomic mass is 16.4. The minimum atomic E-state index is -1.11. The monoisotopic (exact) mass is 274 g/mol. The van der Waals surface area contributed by atoms with Crippen molar-refractivity contribution < 1.29 is 14.7 Å². The van der Waals surface area contributed by atoms with Crippen LogP contribution in [0.5, 0.6) is 0 Å². The van der Waals surface area contributed by atoms with Crippen molar-refractivity contribution in [3.63, 3.8) is 0 Å². The lowest BCUT2D eigenvalue weighted by Crippen LogP contribution is -2.40. The Hall–Kier alpha value is -2.63. The Bertz CT molecular complexity index is 720. The van der Waals surface area contributed by atoms with Gasteiger partial charge in [0.25, 0.3) is 5.91 Å². The zero-order chi connectivity index (χ0) is 14.7. The molecule has 0 aliphatic rings. The molecule has 0 aliphatic heterocycles. The number of carboxylic acid groups (broad SMARTS) is 1. The quantitative estimate of drug-likeness (QED) is 0.778. The molecule has 1 aromatic heterocycles. The lowest BCUT2D eigenvalue weighted by molar-refractivity contribution is -0.139. The Morgan fingerprint density at radius 2 is 2.05 bits per heavy atom. The van der Waals surface area contributed by atoms with E-state index in [9.17, 15) is 14.4 Å². The maximum atomic E-state index is 12.0. The fourth-order valence-corrected chi connectivity index (χ4v) is 1.89. The number of nitrogens with one attached hydrogen (secondary N) is 2. The lowest BCUT2D eigenvalue weighted by Gasteiger charge is -2.12. The van der Waals surface area contributed by atoms with E-state index in [1.807, 2.05) is 0 Å². The van der Waals surface area contributed by atoms with Gasteiger partial charge >= 0.3 is 5.97 Å². The number of rotatable bonds is 4. The number of aliphatic carboxylic acids is 1. The smallest absolute Gasteiger partial charge is 0.326 e. The van der Waals surface area contributed by atoms with Crippen LogP contribution in [-0.4, -0.2) is 28.0 Å². The second-order valence-corrected chi connectivity index (χ2v) is 4.37. The number of para-hydroxylation sites is 1. The van der Waals surface area contributed by atoms with Gasteiger partial charge in [-0.15, -0.1) is 0 Å². The summed E-state index contributed by atoms with van der Waals surface area (Å²) in [6, 6.07) is 7.01. The molecule has 0 aliphatic carbocycles. The van der Waals surface area contributed by atoms with E-state index in [0.29, 0.717) is 10.9 Å². The van der Waals surface area contributed by atoms with Crippen LogP contribution in [0.25, 0.3) is 10.9 Å². The first-order chi connectivity index (χ1) is 9.52. The van der Waals surface area contributed by atoms with E-state index in [1.54, 1.807) is 31.2 Å². The van der Waals surface area contributed by atoms with Crippen LogP contribution in [-0.2, 0) is 4.79 Å². The van der Waals surface area contributed by atoms with E-state index in [4.69, 9.17) is 5.11 Å². The van der Waals surface area contributed by atoms with Crippen LogP contribution in [0.15, 0.2) is 35.1 Å². The van der Waals surface area contributed by atoms with Crippen molar-refractivity contribution in [3.05, 3.63) is 46.2 Å².